The first-order valence-corrected chi connectivity index (χ1v) is 11.3. The van der Waals surface area contributed by atoms with Gasteiger partial charge in [0.05, 0.1) is 11.7 Å². The van der Waals surface area contributed by atoms with Gasteiger partial charge in [0.1, 0.15) is 17.2 Å². The van der Waals surface area contributed by atoms with E-state index in [9.17, 15) is 30.7 Å². The lowest BCUT2D eigenvalue weighted by atomic mass is 9.77. The van der Waals surface area contributed by atoms with Gasteiger partial charge in [-0.05, 0) is 80.5 Å². The lowest BCUT2D eigenvalue weighted by molar-refractivity contribution is -0.272. The van der Waals surface area contributed by atoms with Crippen LogP contribution in [0.5, 0.6) is 0 Å². The molecule has 1 nitrogen and oxygen atoms in total. The molecule has 1 saturated carbocycles. The molecular formula is C26H27F7O. The van der Waals surface area contributed by atoms with Crippen LogP contribution in [0.2, 0.25) is 0 Å². The topological polar surface area (TPSA) is 9.23 Å². The summed E-state index contributed by atoms with van der Waals surface area (Å²) in [4.78, 5) is 0. The molecule has 8 heteroatoms. The summed E-state index contributed by atoms with van der Waals surface area (Å²) in [7, 11) is 0. The molecule has 0 spiro atoms. The van der Waals surface area contributed by atoms with E-state index in [1.807, 2.05) is 6.08 Å². The Hall–Kier alpha value is -2.35. The van der Waals surface area contributed by atoms with Crippen molar-refractivity contribution >= 4 is 0 Å². The smallest absolute Gasteiger partial charge is 0.309 e. The van der Waals surface area contributed by atoms with Gasteiger partial charge in [0, 0.05) is 0 Å². The summed E-state index contributed by atoms with van der Waals surface area (Å²) in [6, 6.07) is 6.48. The lowest BCUT2D eigenvalue weighted by Gasteiger charge is -2.29. The van der Waals surface area contributed by atoms with E-state index in [1.165, 1.54) is 12.1 Å². The number of benzene rings is 2. The molecule has 1 atom stereocenters. The van der Waals surface area contributed by atoms with E-state index in [1.54, 1.807) is 12.1 Å². The van der Waals surface area contributed by atoms with Crippen molar-refractivity contribution in [2.24, 2.45) is 5.92 Å². The monoisotopic (exact) mass is 488 g/mol. The summed E-state index contributed by atoms with van der Waals surface area (Å²) in [5, 5.41) is 0. The lowest BCUT2D eigenvalue weighted by Crippen LogP contribution is -2.21. The first kappa shape index (κ1) is 26.3. The molecule has 3 rings (SSSR count). The second kappa shape index (κ2) is 10.5. The van der Waals surface area contributed by atoms with E-state index in [-0.39, 0.29) is 0 Å². The second-order valence-corrected chi connectivity index (χ2v) is 8.84. The molecule has 0 radical (unpaired) electrons. The van der Waals surface area contributed by atoms with Crippen molar-refractivity contribution in [1.82, 2.24) is 0 Å². The van der Waals surface area contributed by atoms with Crippen molar-refractivity contribution in [3.05, 3.63) is 82.9 Å². The molecule has 0 aromatic heterocycles. The van der Waals surface area contributed by atoms with Gasteiger partial charge in [0.2, 0.25) is 0 Å². The Labute approximate surface area is 194 Å². The second-order valence-electron chi connectivity index (χ2n) is 8.84. The normalized spacial score (nSPS) is 20.2. The molecule has 34 heavy (non-hydrogen) atoms. The number of hydrogen-bond acceptors (Lipinski definition) is 1. The molecule has 0 saturated heterocycles. The van der Waals surface area contributed by atoms with Crippen LogP contribution in [0.15, 0.2) is 49.1 Å². The highest BCUT2D eigenvalue weighted by Gasteiger charge is 2.40. The van der Waals surface area contributed by atoms with Crippen LogP contribution in [0, 0.1) is 17.6 Å². The maximum atomic E-state index is 14.7. The average Bonchev–Trinajstić information content (AvgIpc) is 2.76. The van der Waals surface area contributed by atoms with Crippen LogP contribution in [0.25, 0.3) is 0 Å². The minimum absolute atomic E-state index is 0.292. The first-order valence-electron chi connectivity index (χ1n) is 11.3. The minimum Gasteiger partial charge on any atom is -0.309 e. The summed E-state index contributed by atoms with van der Waals surface area (Å²) < 4.78 is 100.0. The van der Waals surface area contributed by atoms with E-state index in [4.69, 9.17) is 4.74 Å². The van der Waals surface area contributed by atoms with Crippen LogP contribution in [0.3, 0.4) is 0 Å². The Morgan fingerprint density at radius 2 is 1.53 bits per heavy atom. The third kappa shape index (κ3) is 6.20. The average molecular weight is 488 g/mol. The van der Waals surface area contributed by atoms with Gasteiger partial charge in [-0.3, -0.25) is 0 Å². The Bertz CT molecular complexity index is 951. The van der Waals surface area contributed by atoms with E-state index in [0.29, 0.717) is 24.0 Å². The molecule has 1 aliphatic carbocycles. The molecule has 0 N–H and O–H groups in total. The summed E-state index contributed by atoms with van der Waals surface area (Å²) in [6.45, 7) is 4.84. The molecule has 1 aliphatic rings. The van der Waals surface area contributed by atoms with Gasteiger partial charge in [0.25, 0.3) is 0 Å². The number of ether oxygens (including phenoxy) is 1. The molecule has 0 aliphatic heterocycles. The van der Waals surface area contributed by atoms with Gasteiger partial charge in [-0.15, -0.1) is 6.58 Å². The summed E-state index contributed by atoms with van der Waals surface area (Å²) in [5.41, 5.74) is -2.02. The van der Waals surface area contributed by atoms with E-state index < -0.39 is 46.7 Å². The van der Waals surface area contributed by atoms with Crippen molar-refractivity contribution in [2.45, 2.75) is 69.8 Å². The third-order valence-electron chi connectivity index (χ3n) is 6.49. The zero-order valence-corrected chi connectivity index (χ0v) is 18.8. The van der Waals surface area contributed by atoms with Crippen LogP contribution >= 0.6 is 0 Å². The number of halogens is 7. The molecule has 1 unspecified atom stereocenters. The fourth-order valence-electron chi connectivity index (χ4n) is 4.54. The quantitative estimate of drug-likeness (QED) is 0.266. The summed E-state index contributed by atoms with van der Waals surface area (Å²) in [5.74, 6) is -2.82. The van der Waals surface area contributed by atoms with Crippen LogP contribution in [0.4, 0.5) is 30.7 Å². The van der Waals surface area contributed by atoms with Gasteiger partial charge >= 0.3 is 12.3 Å². The Balaban J connectivity index is 1.67. The Kier molecular flexibility index (Phi) is 8.11. The van der Waals surface area contributed by atoms with Crippen LogP contribution in [0.1, 0.15) is 79.7 Å². The van der Waals surface area contributed by atoms with E-state index >= 15 is 0 Å². The van der Waals surface area contributed by atoms with Crippen LogP contribution in [-0.2, 0) is 17.0 Å². The SMILES string of the molecule is C=CCCC1CCC(c2ccc(C(F)(F)OC(C)c3cc(F)c(C(F)(F)F)c(F)c3)cc2)CC1. The molecule has 1 fully saturated rings. The highest BCUT2D eigenvalue weighted by atomic mass is 19.4. The third-order valence-corrected chi connectivity index (χ3v) is 6.49. The van der Waals surface area contributed by atoms with E-state index in [0.717, 1.165) is 51.0 Å². The zero-order chi connectivity index (χ0) is 25.1. The zero-order valence-electron chi connectivity index (χ0n) is 18.8. The maximum Gasteiger partial charge on any atom is 0.422 e. The minimum atomic E-state index is -5.24. The molecule has 2 aromatic carbocycles. The number of alkyl halides is 5. The van der Waals surface area contributed by atoms with Gasteiger partial charge in [-0.25, -0.2) is 8.78 Å². The van der Waals surface area contributed by atoms with Gasteiger partial charge in [-0.1, -0.05) is 30.3 Å². The molecular weight excluding hydrogens is 461 g/mol. The largest absolute Gasteiger partial charge is 0.422 e. The molecule has 186 valence electrons. The fourth-order valence-corrected chi connectivity index (χ4v) is 4.54. The predicted octanol–water partition coefficient (Wildman–Crippen LogP) is 9.05. The Morgan fingerprint density at radius 1 is 0.971 bits per heavy atom. The summed E-state index contributed by atoms with van der Waals surface area (Å²) in [6.07, 6.45) is -2.47. The highest BCUT2D eigenvalue weighted by Crippen LogP contribution is 2.41. The van der Waals surface area contributed by atoms with Gasteiger partial charge < -0.3 is 4.74 Å². The van der Waals surface area contributed by atoms with Crippen molar-refractivity contribution in [3.8, 4) is 0 Å². The first-order chi connectivity index (χ1) is 15.9. The van der Waals surface area contributed by atoms with Crippen molar-refractivity contribution in [3.63, 3.8) is 0 Å². The van der Waals surface area contributed by atoms with Crippen molar-refractivity contribution in [2.75, 3.05) is 0 Å². The Morgan fingerprint density at radius 3 is 2.03 bits per heavy atom. The van der Waals surface area contributed by atoms with Crippen LogP contribution in [-0.4, -0.2) is 0 Å². The summed E-state index contributed by atoms with van der Waals surface area (Å²) >= 11 is 0. The standard InChI is InChI=1S/C26H27F7O/c1-3-4-5-17-6-8-18(9-7-17)19-10-12-21(13-11-19)26(32,33)34-16(2)20-14-22(27)24(23(28)15-20)25(29,30)31/h3,10-18H,1,4-9H2,2H3. The molecule has 0 amide bonds. The van der Waals surface area contributed by atoms with E-state index in [2.05, 4.69) is 6.58 Å². The van der Waals surface area contributed by atoms with Crippen molar-refractivity contribution < 1.29 is 35.5 Å². The van der Waals surface area contributed by atoms with Gasteiger partial charge in [-0.2, -0.15) is 22.0 Å². The number of hydrogen-bond donors (Lipinski definition) is 0. The van der Waals surface area contributed by atoms with Crippen LogP contribution < -0.4 is 0 Å². The van der Waals surface area contributed by atoms with Crippen molar-refractivity contribution in [1.29, 1.82) is 0 Å². The fraction of sp³-hybridized carbons (Fsp3) is 0.462. The van der Waals surface area contributed by atoms with Gasteiger partial charge in [0.15, 0.2) is 0 Å². The maximum absolute atomic E-state index is 14.7. The highest BCUT2D eigenvalue weighted by molar-refractivity contribution is 5.30. The number of rotatable bonds is 8. The predicted molar refractivity (Wildman–Crippen MR) is 115 cm³/mol. The number of allylic oxidation sites excluding steroid dienone is 1. The molecule has 0 bridgehead atoms. The molecule has 0 heterocycles. The molecule has 2 aromatic rings.